The van der Waals surface area contributed by atoms with Crippen molar-refractivity contribution in [3.8, 4) is 5.88 Å². The van der Waals surface area contributed by atoms with Crippen LogP contribution in [0.4, 0.5) is 0 Å². The maximum atomic E-state index is 11.6. The third-order valence-corrected chi connectivity index (χ3v) is 4.18. The Morgan fingerprint density at radius 1 is 1.52 bits per heavy atom. The van der Waals surface area contributed by atoms with Gasteiger partial charge in [0.15, 0.2) is 5.58 Å². The summed E-state index contributed by atoms with van der Waals surface area (Å²) in [6.45, 7) is 3.84. The highest BCUT2D eigenvalue weighted by molar-refractivity contribution is 6.31. The molecule has 0 radical (unpaired) electrons. The number of likely N-dealkylation sites (tertiary alicyclic amines) is 1. The van der Waals surface area contributed by atoms with E-state index in [4.69, 9.17) is 25.6 Å². The average Bonchev–Trinajstić information content (AvgIpc) is 3.12. The fourth-order valence-electron chi connectivity index (χ4n) is 2.83. The molecule has 1 saturated heterocycles. The molecule has 7 heteroatoms. The third kappa shape index (κ3) is 3.76. The van der Waals surface area contributed by atoms with E-state index in [-0.39, 0.29) is 12.0 Å². The highest BCUT2D eigenvalue weighted by atomic mass is 35.5. The number of aromatic nitrogens is 1. The second kappa shape index (κ2) is 7.19. The van der Waals surface area contributed by atoms with Crippen molar-refractivity contribution in [1.29, 1.82) is 0 Å². The Morgan fingerprint density at radius 3 is 3.22 bits per heavy atom. The maximum absolute atomic E-state index is 11.6. The lowest BCUT2D eigenvalue weighted by molar-refractivity contribution is -0.144. The number of hydrogen-bond acceptors (Lipinski definition) is 6. The summed E-state index contributed by atoms with van der Waals surface area (Å²) in [6, 6.07) is 5.45. The van der Waals surface area contributed by atoms with Gasteiger partial charge in [-0.2, -0.15) is 0 Å². The molecule has 1 aromatic heterocycles. The smallest absolute Gasteiger partial charge is 0.320 e. The van der Waals surface area contributed by atoms with Crippen LogP contribution in [-0.4, -0.2) is 48.4 Å². The van der Waals surface area contributed by atoms with Crippen molar-refractivity contribution in [1.82, 2.24) is 10.1 Å². The summed E-state index contributed by atoms with van der Waals surface area (Å²) < 4.78 is 16.0. The number of ether oxygens (including phenoxy) is 2. The van der Waals surface area contributed by atoms with Crippen LogP contribution >= 0.6 is 11.6 Å². The van der Waals surface area contributed by atoms with Gasteiger partial charge in [-0.05, 0) is 49.7 Å². The molecule has 1 aliphatic heterocycles. The molecule has 0 aliphatic carbocycles. The van der Waals surface area contributed by atoms with Crippen molar-refractivity contribution >= 4 is 28.5 Å². The molecule has 0 amide bonds. The van der Waals surface area contributed by atoms with E-state index in [1.54, 1.807) is 18.2 Å². The van der Waals surface area contributed by atoms with E-state index < -0.39 is 0 Å². The lowest BCUT2D eigenvalue weighted by atomic mass is 10.2. The topological polar surface area (TPSA) is 64.8 Å². The van der Waals surface area contributed by atoms with Crippen LogP contribution in [0.1, 0.15) is 19.8 Å². The summed E-state index contributed by atoms with van der Waals surface area (Å²) in [6.07, 6.45) is 2.02. The summed E-state index contributed by atoms with van der Waals surface area (Å²) in [7, 11) is 0. The fourth-order valence-corrected chi connectivity index (χ4v) is 3.00. The van der Waals surface area contributed by atoms with Crippen LogP contribution in [0.25, 0.3) is 11.0 Å². The first-order valence-corrected chi connectivity index (χ1v) is 8.12. The molecule has 2 heterocycles. The van der Waals surface area contributed by atoms with Gasteiger partial charge in [0.25, 0.3) is 5.88 Å². The van der Waals surface area contributed by atoms with Gasteiger partial charge in [-0.15, -0.1) is 0 Å². The average molecular weight is 339 g/mol. The van der Waals surface area contributed by atoms with Gasteiger partial charge in [-0.1, -0.05) is 11.6 Å². The molecule has 0 spiro atoms. The van der Waals surface area contributed by atoms with Crippen molar-refractivity contribution in [2.45, 2.75) is 25.8 Å². The van der Waals surface area contributed by atoms with Crippen LogP contribution in [-0.2, 0) is 9.53 Å². The second-order valence-corrected chi connectivity index (χ2v) is 5.95. The number of carbonyl (C=O) groups is 1. The van der Waals surface area contributed by atoms with E-state index in [1.807, 2.05) is 6.92 Å². The summed E-state index contributed by atoms with van der Waals surface area (Å²) in [5.41, 5.74) is 0.638. The third-order valence-electron chi connectivity index (χ3n) is 3.95. The van der Waals surface area contributed by atoms with E-state index in [9.17, 15) is 4.79 Å². The van der Waals surface area contributed by atoms with Gasteiger partial charge in [0.2, 0.25) is 0 Å². The van der Waals surface area contributed by atoms with Gasteiger partial charge < -0.3 is 14.0 Å². The zero-order valence-corrected chi connectivity index (χ0v) is 13.7. The fraction of sp³-hybridized carbons (Fsp3) is 0.500. The molecule has 1 fully saturated rings. The van der Waals surface area contributed by atoms with Crippen molar-refractivity contribution in [3.63, 3.8) is 0 Å². The summed E-state index contributed by atoms with van der Waals surface area (Å²) in [5, 5.41) is 5.31. The van der Waals surface area contributed by atoms with Crippen LogP contribution in [0.15, 0.2) is 22.7 Å². The number of nitrogens with zero attached hydrogens (tertiary/aromatic N) is 2. The maximum Gasteiger partial charge on any atom is 0.320 e. The molecular weight excluding hydrogens is 320 g/mol. The minimum atomic E-state index is -0.196. The molecule has 6 nitrogen and oxygen atoms in total. The van der Waals surface area contributed by atoms with E-state index in [1.165, 1.54) is 0 Å². The van der Waals surface area contributed by atoms with Crippen LogP contribution in [0.2, 0.25) is 5.02 Å². The molecule has 1 aromatic carbocycles. The first-order valence-electron chi connectivity index (χ1n) is 7.74. The lowest BCUT2D eigenvalue weighted by Crippen LogP contribution is -2.38. The number of fused-ring (bicyclic) bond motifs is 1. The molecule has 23 heavy (non-hydrogen) atoms. The Bertz CT molecular complexity index is 688. The Hall–Kier alpha value is -1.79. The minimum Gasteiger partial charge on any atom is -0.473 e. The Morgan fingerprint density at radius 2 is 2.39 bits per heavy atom. The highest BCUT2D eigenvalue weighted by Gasteiger charge is 2.27. The van der Waals surface area contributed by atoms with E-state index in [0.29, 0.717) is 36.2 Å². The summed E-state index contributed by atoms with van der Waals surface area (Å²) >= 11 is 6.00. The molecule has 0 saturated carbocycles. The first kappa shape index (κ1) is 16.1. The van der Waals surface area contributed by atoms with Gasteiger partial charge in [-0.25, -0.2) is 0 Å². The van der Waals surface area contributed by atoms with E-state index in [0.717, 1.165) is 24.8 Å². The predicted molar refractivity (Wildman–Crippen MR) is 85.7 cm³/mol. The largest absolute Gasteiger partial charge is 0.473 e. The van der Waals surface area contributed by atoms with Crippen molar-refractivity contribution in [3.05, 3.63) is 23.2 Å². The predicted octanol–water partition coefficient (Wildman–Crippen LogP) is 2.89. The second-order valence-electron chi connectivity index (χ2n) is 5.51. The molecule has 3 rings (SSSR count). The van der Waals surface area contributed by atoms with Gasteiger partial charge in [0, 0.05) is 11.1 Å². The number of halogens is 1. The van der Waals surface area contributed by atoms with Crippen molar-refractivity contribution < 1.29 is 18.8 Å². The Labute approximate surface area is 139 Å². The monoisotopic (exact) mass is 338 g/mol. The molecule has 0 N–H and O–H groups in total. The van der Waals surface area contributed by atoms with Gasteiger partial charge in [0.1, 0.15) is 6.61 Å². The number of hydrogen-bond donors (Lipinski definition) is 0. The molecule has 124 valence electrons. The number of esters is 1. The van der Waals surface area contributed by atoms with Gasteiger partial charge in [-0.3, -0.25) is 9.69 Å². The van der Waals surface area contributed by atoms with Crippen LogP contribution < -0.4 is 4.74 Å². The van der Waals surface area contributed by atoms with Crippen LogP contribution in [0.3, 0.4) is 0 Å². The Kier molecular flexibility index (Phi) is 5.03. The van der Waals surface area contributed by atoms with Crippen molar-refractivity contribution in [2.24, 2.45) is 0 Å². The molecule has 0 bridgehead atoms. The molecule has 1 atom stereocenters. The normalized spacial score (nSPS) is 18.4. The van der Waals surface area contributed by atoms with Crippen LogP contribution in [0, 0.1) is 0 Å². The van der Waals surface area contributed by atoms with Gasteiger partial charge >= 0.3 is 5.97 Å². The number of benzene rings is 1. The SMILES string of the molecule is CCOC(=O)CN1CCC[C@H]1COc1noc2ccc(Cl)cc12. The van der Waals surface area contributed by atoms with Gasteiger partial charge in [0.05, 0.1) is 18.5 Å². The zero-order valence-electron chi connectivity index (χ0n) is 13.0. The van der Waals surface area contributed by atoms with E-state index >= 15 is 0 Å². The highest BCUT2D eigenvalue weighted by Crippen LogP contribution is 2.28. The molecule has 1 aliphatic rings. The van der Waals surface area contributed by atoms with Crippen LogP contribution in [0.5, 0.6) is 5.88 Å². The molecular formula is C16H19ClN2O4. The molecule has 0 unspecified atom stereocenters. The first-order chi connectivity index (χ1) is 11.2. The standard InChI is InChI=1S/C16H19ClN2O4/c1-2-21-15(20)9-19-7-3-4-12(19)10-22-16-13-8-11(17)5-6-14(13)23-18-16/h5-6,8,12H,2-4,7,9-10H2,1H3/t12-/m0/s1. The van der Waals surface area contributed by atoms with E-state index in [2.05, 4.69) is 10.1 Å². The summed E-state index contributed by atoms with van der Waals surface area (Å²) in [5.74, 6) is 0.239. The summed E-state index contributed by atoms with van der Waals surface area (Å²) in [4.78, 5) is 13.7. The quantitative estimate of drug-likeness (QED) is 0.755. The Balaban J connectivity index is 1.62. The van der Waals surface area contributed by atoms with Crippen molar-refractivity contribution in [2.75, 3.05) is 26.3 Å². The number of carbonyl (C=O) groups excluding carboxylic acids is 1. The number of rotatable bonds is 6. The minimum absolute atomic E-state index is 0.172. The zero-order chi connectivity index (χ0) is 16.2. The lowest BCUT2D eigenvalue weighted by Gasteiger charge is -2.22. The molecule has 2 aromatic rings.